The number of rotatable bonds is 6. The summed E-state index contributed by atoms with van der Waals surface area (Å²) in [5.41, 5.74) is 2.35. The van der Waals surface area contributed by atoms with Gasteiger partial charge in [0.15, 0.2) is 0 Å². The SMILES string of the molecule is CCNC(Cc1cnn(CC)c1)c1ccc(Br)cc1Cl. The van der Waals surface area contributed by atoms with E-state index in [4.69, 9.17) is 11.6 Å². The standard InChI is InChI=1S/C15H19BrClN3/c1-3-18-15(7-11-9-19-20(4-2)10-11)13-6-5-12(16)8-14(13)17/h5-6,8-10,15,18H,3-4,7H2,1-2H3. The molecular formula is C15H19BrClN3. The van der Waals surface area contributed by atoms with Gasteiger partial charge in [0.05, 0.1) is 6.20 Å². The van der Waals surface area contributed by atoms with Gasteiger partial charge in [-0.1, -0.05) is 40.5 Å². The second-order valence-corrected chi connectivity index (χ2v) is 6.01. The highest BCUT2D eigenvalue weighted by Gasteiger charge is 2.15. The number of aromatic nitrogens is 2. The molecule has 0 fully saturated rings. The highest BCUT2D eigenvalue weighted by molar-refractivity contribution is 9.10. The molecule has 2 rings (SSSR count). The van der Waals surface area contributed by atoms with Gasteiger partial charge in [0.2, 0.25) is 0 Å². The lowest BCUT2D eigenvalue weighted by Gasteiger charge is -2.19. The van der Waals surface area contributed by atoms with Crippen LogP contribution < -0.4 is 5.32 Å². The summed E-state index contributed by atoms with van der Waals surface area (Å²) in [4.78, 5) is 0. The fourth-order valence-corrected chi connectivity index (χ4v) is 3.05. The molecule has 1 aromatic heterocycles. The zero-order chi connectivity index (χ0) is 14.5. The quantitative estimate of drug-likeness (QED) is 0.840. The predicted octanol–water partition coefficient (Wildman–Crippen LogP) is 4.21. The number of hydrogen-bond acceptors (Lipinski definition) is 2. The summed E-state index contributed by atoms with van der Waals surface area (Å²) in [6.07, 6.45) is 4.91. The first kappa shape index (κ1) is 15.5. The second kappa shape index (κ2) is 7.25. The van der Waals surface area contributed by atoms with Crippen molar-refractivity contribution >= 4 is 27.5 Å². The van der Waals surface area contributed by atoms with Crippen LogP contribution in [0.25, 0.3) is 0 Å². The van der Waals surface area contributed by atoms with Crippen LogP contribution in [-0.4, -0.2) is 16.3 Å². The molecule has 1 N–H and O–H groups in total. The number of benzene rings is 1. The highest BCUT2D eigenvalue weighted by atomic mass is 79.9. The lowest BCUT2D eigenvalue weighted by atomic mass is 10.0. The predicted molar refractivity (Wildman–Crippen MR) is 87.2 cm³/mol. The molecule has 20 heavy (non-hydrogen) atoms. The van der Waals surface area contributed by atoms with Crippen molar-refractivity contribution < 1.29 is 0 Å². The fraction of sp³-hybridized carbons (Fsp3) is 0.400. The molecule has 0 bridgehead atoms. The third-order valence-corrected chi connectivity index (χ3v) is 4.06. The van der Waals surface area contributed by atoms with Crippen molar-refractivity contribution in [1.29, 1.82) is 0 Å². The molecule has 0 spiro atoms. The summed E-state index contributed by atoms with van der Waals surface area (Å²) in [6.45, 7) is 5.99. The van der Waals surface area contributed by atoms with Gasteiger partial charge in [0.25, 0.3) is 0 Å². The molecule has 0 radical (unpaired) electrons. The number of nitrogens with zero attached hydrogens (tertiary/aromatic N) is 2. The lowest BCUT2D eigenvalue weighted by molar-refractivity contribution is 0.549. The van der Waals surface area contributed by atoms with Gasteiger partial charge in [-0.2, -0.15) is 5.10 Å². The topological polar surface area (TPSA) is 29.9 Å². The van der Waals surface area contributed by atoms with Gasteiger partial charge in [-0.05, 0) is 43.1 Å². The van der Waals surface area contributed by atoms with Gasteiger partial charge in [-0.25, -0.2) is 0 Å². The maximum atomic E-state index is 6.37. The van der Waals surface area contributed by atoms with E-state index in [1.54, 1.807) is 0 Å². The van der Waals surface area contributed by atoms with E-state index in [0.29, 0.717) is 0 Å². The molecule has 1 unspecified atom stereocenters. The summed E-state index contributed by atoms with van der Waals surface area (Å²) in [5.74, 6) is 0. The second-order valence-electron chi connectivity index (χ2n) is 4.68. The van der Waals surface area contributed by atoms with Crippen LogP contribution in [-0.2, 0) is 13.0 Å². The van der Waals surface area contributed by atoms with E-state index < -0.39 is 0 Å². The Morgan fingerprint density at radius 2 is 2.20 bits per heavy atom. The van der Waals surface area contributed by atoms with Crippen molar-refractivity contribution in [2.45, 2.75) is 32.9 Å². The van der Waals surface area contributed by atoms with Crippen LogP contribution >= 0.6 is 27.5 Å². The van der Waals surface area contributed by atoms with Crippen molar-refractivity contribution in [2.75, 3.05) is 6.54 Å². The van der Waals surface area contributed by atoms with Crippen molar-refractivity contribution in [1.82, 2.24) is 15.1 Å². The van der Waals surface area contributed by atoms with Gasteiger partial charge >= 0.3 is 0 Å². The smallest absolute Gasteiger partial charge is 0.0522 e. The normalized spacial score (nSPS) is 12.6. The largest absolute Gasteiger partial charge is 0.310 e. The van der Waals surface area contributed by atoms with E-state index in [2.05, 4.69) is 52.5 Å². The van der Waals surface area contributed by atoms with Crippen LogP contribution in [0.2, 0.25) is 5.02 Å². The van der Waals surface area contributed by atoms with E-state index in [0.717, 1.165) is 34.6 Å². The van der Waals surface area contributed by atoms with Crippen LogP contribution in [0.15, 0.2) is 35.1 Å². The van der Waals surface area contributed by atoms with Crippen molar-refractivity contribution in [2.24, 2.45) is 0 Å². The van der Waals surface area contributed by atoms with Crippen LogP contribution in [0.5, 0.6) is 0 Å². The first-order chi connectivity index (χ1) is 9.63. The molecule has 1 heterocycles. The maximum Gasteiger partial charge on any atom is 0.0522 e. The molecule has 0 saturated heterocycles. The minimum absolute atomic E-state index is 0.204. The third kappa shape index (κ3) is 3.84. The monoisotopic (exact) mass is 355 g/mol. The van der Waals surface area contributed by atoms with Crippen molar-refractivity contribution in [3.8, 4) is 0 Å². The van der Waals surface area contributed by atoms with Crippen LogP contribution in [0.4, 0.5) is 0 Å². The Balaban J connectivity index is 2.21. The summed E-state index contributed by atoms with van der Waals surface area (Å²) in [5, 5.41) is 8.61. The van der Waals surface area contributed by atoms with Gasteiger partial charge < -0.3 is 5.32 Å². The molecule has 1 atom stereocenters. The number of halogens is 2. The van der Waals surface area contributed by atoms with Crippen LogP contribution in [0.1, 0.15) is 31.0 Å². The van der Waals surface area contributed by atoms with E-state index in [1.807, 2.05) is 23.0 Å². The van der Waals surface area contributed by atoms with Crippen molar-refractivity contribution in [3.63, 3.8) is 0 Å². The molecule has 2 aromatic rings. The number of hydrogen-bond donors (Lipinski definition) is 1. The summed E-state index contributed by atoms with van der Waals surface area (Å²) in [6, 6.07) is 6.25. The van der Waals surface area contributed by atoms with E-state index in [1.165, 1.54) is 5.56 Å². The van der Waals surface area contributed by atoms with Crippen LogP contribution in [0, 0.1) is 0 Å². The Morgan fingerprint density at radius 3 is 2.80 bits per heavy atom. The third-order valence-electron chi connectivity index (χ3n) is 3.24. The van der Waals surface area contributed by atoms with Gasteiger partial charge in [-0.3, -0.25) is 4.68 Å². The maximum absolute atomic E-state index is 6.37. The Bertz CT molecular complexity index is 568. The molecule has 0 amide bonds. The number of likely N-dealkylation sites (N-methyl/N-ethyl adjacent to an activating group) is 1. The highest BCUT2D eigenvalue weighted by Crippen LogP contribution is 2.28. The van der Waals surface area contributed by atoms with Gasteiger partial charge in [0.1, 0.15) is 0 Å². The van der Waals surface area contributed by atoms with E-state index in [9.17, 15) is 0 Å². The zero-order valence-corrected chi connectivity index (χ0v) is 14.1. The summed E-state index contributed by atoms with van der Waals surface area (Å²) < 4.78 is 2.95. The molecule has 1 aromatic carbocycles. The Morgan fingerprint density at radius 1 is 1.40 bits per heavy atom. The minimum atomic E-state index is 0.204. The summed E-state index contributed by atoms with van der Waals surface area (Å²) >= 11 is 9.81. The van der Waals surface area contributed by atoms with Crippen molar-refractivity contribution in [3.05, 3.63) is 51.2 Å². The molecule has 0 saturated carbocycles. The molecule has 0 aliphatic carbocycles. The van der Waals surface area contributed by atoms with E-state index >= 15 is 0 Å². The number of nitrogens with one attached hydrogen (secondary N) is 1. The molecule has 5 heteroatoms. The molecule has 0 aliphatic heterocycles. The average Bonchev–Trinajstić information content (AvgIpc) is 2.86. The summed E-state index contributed by atoms with van der Waals surface area (Å²) in [7, 11) is 0. The first-order valence-electron chi connectivity index (χ1n) is 6.83. The van der Waals surface area contributed by atoms with Gasteiger partial charge in [0, 0.05) is 28.3 Å². The van der Waals surface area contributed by atoms with Gasteiger partial charge in [-0.15, -0.1) is 0 Å². The lowest BCUT2D eigenvalue weighted by Crippen LogP contribution is -2.23. The molecule has 108 valence electrons. The molecule has 3 nitrogen and oxygen atoms in total. The first-order valence-corrected chi connectivity index (χ1v) is 8.00. The number of aryl methyl sites for hydroxylation is 1. The minimum Gasteiger partial charge on any atom is -0.310 e. The van der Waals surface area contributed by atoms with E-state index in [-0.39, 0.29) is 6.04 Å². The molecular weight excluding hydrogens is 338 g/mol. The Labute approximate surface area is 133 Å². The van der Waals surface area contributed by atoms with Crippen LogP contribution in [0.3, 0.4) is 0 Å². The fourth-order valence-electron chi connectivity index (χ4n) is 2.24. The molecule has 0 aliphatic rings. The Kier molecular flexibility index (Phi) is 5.64. The zero-order valence-electron chi connectivity index (χ0n) is 11.7. The Hall–Kier alpha value is -0.840. The average molecular weight is 357 g/mol.